The maximum absolute atomic E-state index is 14.9. The number of nitrogens with one attached hydrogen (secondary N) is 3. The van der Waals surface area contributed by atoms with Crippen molar-refractivity contribution in [1.82, 2.24) is 24.7 Å². The number of hydrogen-bond acceptors (Lipinski definition) is 6. The standard InChI is InChI=1S/C27H24FN7O3/c1-16(2)12-17-13-23(35(34-17)18-6-4-3-5-7-18)32-27(37)31-21-9-8-19(14-20(21)28)38-22-10-11-29-26-25(22)30-15-24(36)33-26/h3-11,13-16H,12H2,1-2H3,(H,29,33,36)(H2,31,32,37). The number of halogens is 1. The first-order chi connectivity index (χ1) is 18.4. The molecule has 5 rings (SSSR count). The van der Waals surface area contributed by atoms with E-state index in [-0.39, 0.29) is 22.8 Å². The van der Waals surface area contributed by atoms with Crippen LogP contribution in [0.1, 0.15) is 19.5 Å². The van der Waals surface area contributed by atoms with Gasteiger partial charge in [0.25, 0.3) is 5.56 Å². The van der Waals surface area contributed by atoms with Gasteiger partial charge in [-0.1, -0.05) is 32.0 Å². The predicted octanol–water partition coefficient (Wildman–Crippen LogP) is 5.28. The number of urea groups is 1. The van der Waals surface area contributed by atoms with E-state index in [1.165, 1.54) is 18.3 Å². The van der Waals surface area contributed by atoms with Crippen LogP contribution in [0.2, 0.25) is 0 Å². The second-order valence-electron chi connectivity index (χ2n) is 8.94. The van der Waals surface area contributed by atoms with Crippen molar-refractivity contribution < 1.29 is 13.9 Å². The number of nitrogens with zero attached hydrogens (tertiary/aromatic N) is 4. The number of pyridine rings is 1. The Labute approximate surface area is 216 Å². The highest BCUT2D eigenvalue weighted by atomic mass is 19.1. The first kappa shape index (κ1) is 24.6. The van der Waals surface area contributed by atoms with Crippen LogP contribution < -0.4 is 20.9 Å². The molecular formula is C27H24FN7O3. The maximum atomic E-state index is 14.9. The molecule has 0 atom stereocenters. The highest BCUT2D eigenvalue weighted by Gasteiger charge is 2.15. The quantitative estimate of drug-likeness (QED) is 0.272. The maximum Gasteiger partial charge on any atom is 0.324 e. The van der Waals surface area contributed by atoms with Gasteiger partial charge >= 0.3 is 6.03 Å². The van der Waals surface area contributed by atoms with Gasteiger partial charge in [-0.15, -0.1) is 0 Å². The first-order valence-corrected chi connectivity index (χ1v) is 11.9. The molecule has 0 spiro atoms. The number of carbonyl (C=O) groups excluding carboxylic acids is 1. The fraction of sp³-hybridized carbons (Fsp3) is 0.148. The van der Waals surface area contributed by atoms with Crippen LogP contribution in [0.5, 0.6) is 11.5 Å². The van der Waals surface area contributed by atoms with Crippen molar-refractivity contribution in [2.24, 2.45) is 5.92 Å². The zero-order chi connectivity index (χ0) is 26.6. The lowest BCUT2D eigenvalue weighted by Crippen LogP contribution is -2.21. The second kappa shape index (κ2) is 10.5. The molecule has 3 heterocycles. The third kappa shape index (κ3) is 5.51. The largest absolute Gasteiger partial charge is 0.455 e. The molecular weight excluding hydrogens is 489 g/mol. The van der Waals surface area contributed by atoms with Gasteiger partial charge in [0.1, 0.15) is 22.9 Å². The van der Waals surface area contributed by atoms with E-state index >= 15 is 0 Å². The number of rotatable bonds is 7. The van der Waals surface area contributed by atoms with Gasteiger partial charge in [-0.25, -0.2) is 23.8 Å². The minimum absolute atomic E-state index is 0.0370. The number of amides is 2. The highest BCUT2D eigenvalue weighted by molar-refractivity contribution is 5.99. The van der Waals surface area contributed by atoms with E-state index in [0.29, 0.717) is 17.3 Å². The number of anilines is 2. The molecule has 2 amide bonds. The summed E-state index contributed by atoms with van der Waals surface area (Å²) in [4.78, 5) is 34.9. The predicted molar refractivity (Wildman–Crippen MR) is 141 cm³/mol. The van der Waals surface area contributed by atoms with Crippen LogP contribution >= 0.6 is 0 Å². The van der Waals surface area contributed by atoms with Gasteiger partial charge in [-0.05, 0) is 36.6 Å². The van der Waals surface area contributed by atoms with Gasteiger partial charge in [-0.2, -0.15) is 5.10 Å². The third-order valence-corrected chi connectivity index (χ3v) is 5.48. The Kier molecular flexibility index (Phi) is 6.81. The molecule has 0 fully saturated rings. The summed E-state index contributed by atoms with van der Waals surface area (Å²) in [6.45, 7) is 4.18. The van der Waals surface area contributed by atoms with Crippen molar-refractivity contribution in [3.63, 3.8) is 0 Å². The summed E-state index contributed by atoms with van der Waals surface area (Å²) in [5.41, 5.74) is 1.74. The molecule has 0 aliphatic carbocycles. The molecule has 3 aromatic heterocycles. The molecule has 0 aliphatic rings. The van der Waals surface area contributed by atoms with E-state index < -0.39 is 17.4 Å². The Bertz CT molecular complexity index is 1660. The van der Waals surface area contributed by atoms with Crippen molar-refractivity contribution in [1.29, 1.82) is 0 Å². The molecule has 0 saturated carbocycles. The summed E-state index contributed by atoms with van der Waals surface area (Å²) in [6.07, 6.45) is 3.29. The number of benzene rings is 2. The van der Waals surface area contributed by atoms with Crippen molar-refractivity contribution in [3.8, 4) is 17.2 Å². The average Bonchev–Trinajstić information content (AvgIpc) is 3.27. The van der Waals surface area contributed by atoms with Crippen LogP contribution in [-0.4, -0.2) is 30.8 Å². The van der Waals surface area contributed by atoms with Crippen LogP contribution in [0.15, 0.2) is 77.9 Å². The van der Waals surface area contributed by atoms with E-state index in [1.807, 2.05) is 30.3 Å². The van der Waals surface area contributed by atoms with Crippen molar-refractivity contribution in [3.05, 3.63) is 94.9 Å². The first-order valence-electron chi connectivity index (χ1n) is 11.9. The van der Waals surface area contributed by atoms with E-state index in [9.17, 15) is 14.0 Å². The molecule has 5 aromatic rings. The zero-order valence-corrected chi connectivity index (χ0v) is 20.6. The van der Waals surface area contributed by atoms with Crippen LogP contribution in [0, 0.1) is 11.7 Å². The van der Waals surface area contributed by atoms with E-state index in [0.717, 1.165) is 30.1 Å². The van der Waals surface area contributed by atoms with Crippen LogP contribution in [-0.2, 0) is 6.42 Å². The molecule has 3 N–H and O–H groups in total. The number of ether oxygens (including phenoxy) is 1. The van der Waals surface area contributed by atoms with Gasteiger partial charge < -0.3 is 15.0 Å². The molecule has 0 radical (unpaired) electrons. The Morgan fingerprint density at radius 1 is 1.08 bits per heavy atom. The topological polar surface area (TPSA) is 127 Å². The summed E-state index contributed by atoms with van der Waals surface area (Å²) in [5, 5.41) is 9.93. The molecule has 0 bridgehead atoms. The van der Waals surface area contributed by atoms with Crippen molar-refractivity contribution >= 4 is 28.7 Å². The van der Waals surface area contributed by atoms with Crippen LogP contribution in [0.25, 0.3) is 16.9 Å². The van der Waals surface area contributed by atoms with Gasteiger partial charge in [0.2, 0.25) is 0 Å². The van der Waals surface area contributed by atoms with Crippen molar-refractivity contribution in [2.45, 2.75) is 20.3 Å². The normalized spacial score (nSPS) is 11.1. The molecule has 2 aromatic carbocycles. The number of H-pyrrole nitrogens is 1. The number of fused-ring (bicyclic) bond motifs is 1. The number of para-hydroxylation sites is 1. The fourth-order valence-corrected chi connectivity index (χ4v) is 3.87. The third-order valence-electron chi connectivity index (χ3n) is 5.48. The lowest BCUT2D eigenvalue weighted by Gasteiger charge is -2.12. The molecule has 0 unspecified atom stereocenters. The molecule has 0 aliphatic heterocycles. The molecule has 38 heavy (non-hydrogen) atoms. The van der Waals surface area contributed by atoms with Gasteiger partial charge in [0.05, 0.1) is 23.3 Å². The second-order valence-corrected chi connectivity index (χ2v) is 8.94. The lowest BCUT2D eigenvalue weighted by atomic mass is 10.1. The van der Waals surface area contributed by atoms with Crippen LogP contribution in [0.3, 0.4) is 0 Å². The van der Waals surface area contributed by atoms with Crippen LogP contribution in [0.4, 0.5) is 20.7 Å². The highest BCUT2D eigenvalue weighted by Crippen LogP contribution is 2.29. The van der Waals surface area contributed by atoms with Gasteiger partial charge in [0.15, 0.2) is 11.4 Å². The zero-order valence-electron chi connectivity index (χ0n) is 20.6. The molecule has 0 saturated heterocycles. The Morgan fingerprint density at radius 3 is 2.66 bits per heavy atom. The van der Waals surface area contributed by atoms with Crippen molar-refractivity contribution in [2.75, 3.05) is 10.6 Å². The number of aromatic nitrogens is 5. The number of aromatic amines is 1. The smallest absolute Gasteiger partial charge is 0.324 e. The molecule has 10 nitrogen and oxygen atoms in total. The van der Waals surface area contributed by atoms with E-state index in [1.54, 1.807) is 16.8 Å². The summed E-state index contributed by atoms with van der Waals surface area (Å²) < 4.78 is 22.3. The Morgan fingerprint density at radius 2 is 1.89 bits per heavy atom. The minimum Gasteiger partial charge on any atom is -0.455 e. The Hall–Kier alpha value is -5.06. The summed E-state index contributed by atoms with van der Waals surface area (Å²) >= 11 is 0. The summed E-state index contributed by atoms with van der Waals surface area (Å²) in [6, 6.07) is 16.2. The van der Waals surface area contributed by atoms with Gasteiger partial charge in [-0.3, -0.25) is 10.1 Å². The monoisotopic (exact) mass is 513 g/mol. The number of hydrogen-bond donors (Lipinski definition) is 3. The summed E-state index contributed by atoms with van der Waals surface area (Å²) in [5.74, 6) is 0.605. The van der Waals surface area contributed by atoms with E-state index in [4.69, 9.17) is 4.74 Å². The lowest BCUT2D eigenvalue weighted by molar-refractivity contribution is 0.262. The summed E-state index contributed by atoms with van der Waals surface area (Å²) in [7, 11) is 0. The van der Waals surface area contributed by atoms with Gasteiger partial charge in [0, 0.05) is 24.4 Å². The Balaban J connectivity index is 1.32. The molecule has 11 heteroatoms. The fourth-order valence-electron chi connectivity index (χ4n) is 3.87. The number of carbonyl (C=O) groups is 1. The van der Waals surface area contributed by atoms with E-state index in [2.05, 4.69) is 44.5 Å². The SMILES string of the molecule is CC(C)Cc1cc(NC(=O)Nc2ccc(Oc3ccnc4[nH]c(=O)cnc34)cc2F)n(-c2ccccc2)n1. The molecule has 192 valence electrons. The minimum atomic E-state index is -0.700. The average molecular weight is 514 g/mol.